The molecule has 1 amide bonds. The molecule has 0 aliphatic carbocycles. The standard InChI is InChI=1S/C11H11N3O4/c1-14-3-2-8(13-14)5-12-10(15)9-4-7(6-18-9)11(16)17/h2-4,6H,5H2,1H3,(H,12,15)(H,16,17). The minimum Gasteiger partial charge on any atom is -0.478 e. The van der Waals surface area contributed by atoms with Gasteiger partial charge in [-0.05, 0) is 6.07 Å². The van der Waals surface area contributed by atoms with Gasteiger partial charge in [0.05, 0.1) is 17.8 Å². The summed E-state index contributed by atoms with van der Waals surface area (Å²) < 4.78 is 6.48. The predicted molar refractivity (Wildman–Crippen MR) is 60.0 cm³/mol. The van der Waals surface area contributed by atoms with E-state index in [2.05, 4.69) is 10.4 Å². The Balaban J connectivity index is 1.97. The fourth-order valence-electron chi connectivity index (χ4n) is 1.38. The van der Waals surface area contributed by atoms with E-state index in [1.54, 1.807) is 24.0 Å². The van der Waals surface area contributed by atoms with Crippen LogP contribution < -0.4 is 5.32 Å². The number of rotatable bonds is 4. The molecule has 0 spiro atoms. The van der Waals surface area contributed by atoms with Crippen LogP contribution in [0.25, 0.3) is 0 Å². The van der Waals surface area contributed by atoms with Crippen molar-refractivity contribution in [3.8, 4) is 0 Å². The highest BCUT2D eigenvalue weighted by atomic mass is 16.4. The van der Waals surface area contributed by atoms with Crippen LogP contribution >= 0.6 is 0 Å². The number of nitrogens with zero attached hydrogens (tertiary/aromatic N) is 2. The molecule has 0 aliphatic rings. The van der Waals surface area contributed by atoms with Gasteiger partial charge in [-0.25, -0.2) is 4.79 Å². The number of carboxylic acid groups (broad SMARTS) is 1. The highest BCUT2D eigenvalue weighted by Crippen LogP contribution is 2.07. The lowest BCUT2D eigenvalue weighted by molar-refractivity contribution is 0.0696. The van der Waals surface area contributed by atoms with Crippen LogP contribution in [0.4, 0.5) is 0 Å². The molecule has 0 aliphatic heterocycles. The molecule has 0 bridgehead atoms. The van der Waals surface area contributed by atoms with Crippen molar-refractivity contribution in [3.63, 3.8) is 0 Å². The number of amides is 1. The SMILES string of the molecule is Cn1ccc(CNC(=O)c2cc(C(=O)O)co2)n1. The number of carbonyl (C=O) groups excluding carboxylic acids is 1. The summed E-state index contributed by atoms with van der Waals surface area (Å²) in [5.41, 5.74) is 0.647. The molecule has 0 atom stereocenters. The lowest BCUT2D eigenvalue weighted by Crippen LogP contribution is -2.22. The van der Waals surface area contributed by atoms with E-state index in [-0.39, 0.29) is 17.9 Å². The number of aromatic nitrogens is 2. The van der Waals surface area contributed by atoms with Gasteiger partial charge in [-0.15, -0.1) is 0 Å². The van der Waals surface area contributed by atoms with Crippen LogP contribution in [0.3, 0.4) is 0 Å². The largest absolute Gasteiger partial charge is 0.478 e. The van der Waals surface area contributed by atoms with Gasteiger partial charge in [0.1, 0.15) is 6.26 Å². The fourth-order valence-corrected chi connectivity index (χ4v) is 1.38. The number of aryl methyl sites for hydroxylation is 1. The molecule has 0 aromatic carbocycles. The minimum atomic E-state index is -1.14. The van der Waals surface area contributed by atoms with Gasteiger partial charge in [0.15, 0.2) is 5.76 Å². The predicted octanol–water partition coefficient (Wildman–Crippen LogP) is 0.641. The molecule has 7 nitrogen and oxygen atoms in total. The number of furan rings is 1. The molecule has 0 saturated carbocycles. The van der Waals surface area contributed by atoms with Crippen molar-refractivity contribution in [3.05, 3.63) is 41.6 Å². The molecule has 94 valence electrons. The molecular weight excluding hydrogens is 238 g/mol. The first kappa shape index (κ1) is 11.9. The third kappa shape index (κ3) is 2.57. The van der Waals surface area contributed by atoms with Crippen molar-refractivity contribution in [1.29, 1.82) is 0 Å². The number of nitrogens with one attached hydrogen (secondary N) is 1. The summed E-state index contributed by atoms with van der Waals surface area (Å²) in [5, 5.41) is 15.4. The van der Waals surface area contributed by atoms with Gasteiger partial charge in [0.25, 0.3) is 5.91 Å². The number of carbonyl (C=O) groups is 2. The van der Waals surface area contributed by atoms with Crippen LogP contribution in [-0.4, -0.2) is 26.8 Å². The maximum absolute atomic E-state index is 11.6. The summed E-state index contributed by atoms with van der Waals surface area (Å²) in [5.74, 6) is -1.65. The second-order valence-electron chi connectivity index (χ2n) is 3.67. The summed E-state index contributed by atoms with van der Waals surface area (Å²) in [6.07, 6.45) is 2.79. The normalized spacial score (nSPS) is 10.3. The zero-order chi connectivity index (χ0) is 13.1. The number of carboxylic acids is 1. The molecule has 0 radical (unpaired) electrons. The van der Waals surface area contributed by atoms with Gasteiger partial charge in [0, 0.05) is 19.3 Å². The van der Waals surface area contributed by atoms with Gasteiger partial charge in [-0.3, -0.25) is 9.48 Å². The maximum atomic E-state index is 11.6. The third-order valence-corrected chi connectivity index (χ3v) is 2.27. The van der Waals surface area contributed by atoms with Crippen molar-refractivity contribution in [2.24, 2.45) is 7.05 Å². The fraction of sp³-hybridized carbons (Fsp3) is 0.182. The van der Waals surface area contributed by atoms with E-state index in [1.807, 2.05) is 0 Å². The van der Waals surface area contributed by atoms with Crippen LogP contribution in [0.15, 0.2) is 29.0 Å². The highest BCUT2D eigenvalue weighted by Gasteiger charge is 2.14. The molecule has 2 rings (SSSR count). The zero-order valence-electron chi connectivity index (χ0n) is 9.58. The summed E-state index contributed by atoms with van der Waals surface area (Å²) in [4.78, 5) is 22.2. The van der Waals surface area contributed by atoms with Crippen LogP contribution in [-0.2, 0) is 13.6 Å². The molecule has 0 saturated heterocycles. The first-order valence-electron chi connectivity index (χ1n) is 5.15. The van der Waals surface area contributed by atoms with E-state index in [0.29, 0.717) is 5.69 Å². The average molecular weight is 249 g/mol. The Hall–Kier alpha value is -2.57. The van der Waals surface area contributed by atoms with Crippen molar-refractivity contribution in [2.45, 2.75) is 6.54 Å². The Morgan fingerprint density at radius 3 is 2.89 bits per heavy atom. The Bertz CT molecular complexity index is 585. The van der Waals surface area contributed by atoms with Crippen LogP contribution in [0.2, 0.25) is 0 Å². The van der Waals surface area contributed by atoms with E-state index in [9.17, 15) is 9.59 Å². The van der Waals surface area contributed by atoms with Gasteiger partial charge < -0.3 is 14.8 Å². The van der Waals surface area contributed by atoms with Gasteiger partial charge in [0.2, 0.25) is 0 Å². The van der Waals surface area contributed by atoms with Gasteiger partial charge in [-0.1, -0.05) is 0 Å². The van der Waals surface area contributed by atoms with E-state index < -0.39 is 11.9 Å². The Kier molecular flexibility index (Phi) is 3.13. The molecule has 7 heteroatoms. The highest BCUT2D eigenvalue weighted by molar-refractivity contribution is 5.95. The summed E-state index contributed by atoms with van der Waals surface area (Å²) in [6, 6.07) is 2.95. The Morgan fingerprint density at radius 2 is 2.33 bits per heavy atom. The first-order valence-corrected chi connectivity index (χ1v) is 5.15. The maximum Gasteiger partial charge on any atom is 0.338 e. The third-order valence-electron chi connectivity index (χ3n) is 2.27. The minimum absolute atomic E-state index is 0.0386. The summed E-state index contributed by atoms with van der Waals surface area (Å²) >= 11 is 0. The quantitative estimate of drug-likeness (QED) is 0.828. The first-order chi connectivity index (χ1) is 8.56. The smallest absolute Gasteiger partial charge is 0.338 e. The van der Waals surface area contributed by atoms with E-state index in [1.165, 1.54) is 6.07 Å². The summed E-state index contributed by atoms with van der Waals surface area (Å²) in [6.45, 7) is 0.253. The van der Waals surface area contributed by atoms with Crippen molar-refractivity contribution in [2.75, 3.05) is 0 Å². The molecule has 0 unspecified atom stereocenters. The van der Waals surface area contributed by atoms with Crippen molar-refractivity contribution in [1.82, 2.24) is 15.1 Å². The van der Waals surface area contributed by atoms with E-state index in [4.69, 9.17) is 9.52 Å². The Labute approximate surface area is 102 Å². The number of aromatic carboxylic acids is 1. The Morgan fingerprint density at radius 1 is 1.56 bits per heavy atom. The lowest BCUT2D eigenvalue weighted by Gasteiger charge is -1.99. The second-order valence-corrected chi connectivity index (χ2v) is 3.67. The molecule has 2 aromatic rings. The second kappa shape index (κ2) is 4.74. The van der Waals surface area contributed by atoms with Gasteiger partial charge in [-0.2, -0.15) is 5.10 Å². The van der Waals surface area contributed by atoms with Crippen LogP contribution in [0.1, 0.15) is 26.6 Å². The van der Waals surface area contributed by atoms with Gasteiger partial charge >= 0.3 is 5.97 Å². The molecule has 2 aromatic heterocycles. The monoisotopic (exact) mass is 249 g/mol. The number of hydrogen-bond donors (Lipinski definition) is 2. The number of hydrogen-bond acceptors (Lipinski definition) is 4. The van der Waals surface area contributed by atoms with Crippen molar-refractivity contribution >= 4 is 11.9 Å². The van der Waals surface area contributed by atoms with Crippen molar-refractivity contribution < 1.29 is 19.1 Å². The van der Waals surface area contributed by atoms with E-state index in [0.717, 1.165) is 6.26 Å². The molecule has 18 heavy (non-hydrogen) atoms. The average Bonchev–Trinajstić information content (AvgIpc) is 2.94. The summed E-state index contributed by atoms with van der Waals surface area (Å²) in [7, 11) is 1.77. The lowest BCUT2D eigenvalue weighted by atomic mass is 10.3. The van der Waals surface area contributed by atoms with Crippen LogP contribution in [0, 0.1) is 0 Å². The van der Waals surface area contributed by atoms with Crippen LogP contribution in [0.5, 0.6) is 0 Å². The topological polar surface area (TPSA) is 97.4 Å². The molecule has 2 N–H and O–H groups in total. The molecule has 0 fully saturated rings. The van der Waals surface area contributed by atoms with E-state index >= 15 is 0 Å². The molecular formula is C11H11N3O4. The molecule has 2 heterocycles. The zero-order valence-corrected chi connectivity index (χ0v) is 9.58.